The number of ether oxygens (including phenoxy) is 2. The van der Waals surface area contributed by atoms with Crippen LogP contribution in [-0.4, -0.2) is 12.9 Å². The molecule has 0 radical (unpaired) electrons. The monoisotopic (exact) mass is 308 g/mol. The minimum atomic E-state index is -0.430. The summed E-state index contributed by atoms with van der Waals surface area (Å²) >= 11 is 5.89. The van der Waals surface area contributed by atoms with Crippen LogP contribution in [-0.2, 0) is 6.61 Å². The molecule has 4 nitrogen and oxygen atoms in total. The fourth-order valence-electron chi connectivity index (χ4n) is 1.77. The van der Waals surface area contributed by atoms with Gasteiger partial charge < -0.3 is 15.2 Å². The largest absolute Gasteiger partial charge is 0.497 e. The first kappa shape index (κ1) is 15.1. The minimum absolute atomic E-state index is 0.00352. The number of nitrogens with two attached hydrogens (primary N) is 1. The number of methoxy groups -OCH3 is 1. The third-order valence-corrected chi connectivity index (χ3v) is 3.11. The number of amidine groups is 1. The minimum Gasteiger partial charge on any atom is -0.497 e. The Hall–Kier alpha value is -2.27. The molecule has 3 N–H and O–H groups in total. The van der Waals surface area contributed by atoms with E-state index in [0.29, 0.717) is 27.6 Å². The Labute approximate surface area is 126 Å². The normalized spacial score (nSPS) is 10.2. The van der Waals surface area contributed by atoms with Crippen LogP contribution in [0.25, 0.3) is 0 Å². The number of rotatable bonds is 5. The van der Waals surface area contributed by atoms with Crippen LogP contribution < -0.4 is 15.2 Å². The van der Waals surface area contributed by atoms with Gasteiger partial charge in [0, 0.05) is 16.7 Å². The zero-order chi connectivity index (χ0) is 15.4. The van der Waals surface area contributed by atoms with Crippen LogP contribution in [0.3, 0.4) is 0 Å². The van der Waals surface area contributed by atoms with E-state index in [-0.39, 0.29) is 12.4 Å². The molecular formula is C15H14ClFN2O2. The molecule has 0 amide bonds. The van der Waals surface area contributed by atoms with Crippen molar-refractivity contribution >= 4 is 17.4 Å². The molecular weight excluding hydrogens is 295 g/mol. The predicted molar refractivity (Wildman–Crippen MR) is 79.8 cm³/mol. The fraction of sp³-hybridized carbons (Fsp3) is 0.133. The Morgan fingerprint density at radius 3 is 2.67 bits per heavy atom. The zero-order valence-corrected chi connectivity index (χ0v) is 12.1. The molecule has 0 fully saturated rings. The van der Waals surface area contributed by atoms with Gasteiger partial charge in [-0.2, -0.15) is 0 Å². The molecule has 0 aliphatic carbocycles. The van der Waals surface area contributed by atoms with E-state index in [1.165, 1.54) is 13.2 Å². The Morgan fingerprint density at radius 2 is 2.05 bits per heavy atom. The van der Waals surface area contributed by atoms with Crippen molar-refractivity contribution in [3.05, 3.63) is 58.4 Å². The summed E-state index contributed by atoms with van der Waals surface area (Å²) in [6.07, 6.45) is 0. The fourth-order valence-corrected chi connectivity index (χ4v) is 1.93. The van der Waals surface area contributed by atoms with Gasteiger partial charge in [0.1, 0.15) is 29.8 Å². The Kier molecular flexibility index (Phi) is 4.65. The van der Waals surface area contributed by atoms with Crippen LogP contribution in [0.5, 0.6) is 11.5 Å². The van der Waals surface area contributed by atoms with Crippen molar-refractivity contribution in [2.75, 3.05) is 7.11 Å². The Bertz CT molecular complexity index is 677. The van der Waals surface area contributed by atoms with Crippen LogP contribution in [0.1, 0.15) is 11.1 Å². The number of hydrogen-bond acceptors (Lipinski definition) is 3. The summed E-state index contributed by atoms with van der Waals surface area (Å²) in [7, 11) is 1.47. The van der Waals surface area contributed by atoms with E-state index in [4.69, 9.17) is 32.2 Å². The average Bonchev–Trinajstić information content (AvgIpc) is 2.45. The summed E-state index contributed by atoms with van der Waals surface area (Å²) in [5.74, 6) is 0.200. The van der Waals surface area contributed by atoms with Crippen molar-refractivity contribution < 1.29 is 13.9 Å². The van der Waals surface area contributed by atoms with Crippen molar-refractivity contribution in [1.82, 2.24) is 0 Å². The molecule has 0 saturated heterocycles. The number of hydrogen-bond donors (Lipinski definition) is 2. The molecule has 2 rings (SSSR count). The third kappa shape index (κ3) is 3.64. The first-order valence-corrected chi connectivity index (χ1v) is 6.48. The molecule has 2 aromatic rings. The predicted octanol–water partition coefficient (Wildman–Crippen LogP) is 3.35. The molecule has 0 aliphatic heterocycles. The molecule has 0 bridgehead atoms. The molecule has 0 aliphatic rings. The van der Waals surface area contributed by atoms with Crippen LogP contribution in [0, 0.1) is 11.2 Å². The topological polar surface area (TPSA) is 68.3 Å². The number of halogens is 2. The lowest BCUT2D eigenvalue weighted by Gasteiger charge is -2.12. The van der Waals surface area contributed by atoms with Crippen molar-refractivity contribution in [2.45, 2.75) is 6.61 Å². The van der Waals surface area contributed by atoms with Gasteiger partial charge in [-0.3, -0.25) is 5.41 Å². The van der Waals surface area contributed by atoms with Gasteiger partial charge in [0.15, 0.2) is 0 Å². The van der Waals surface area contributed by atoms with Crippen LogP contribution >= 0.6 is 11.6 Å². The molecule has 0 saturated carbocycles. The van der Waals surface area contributed by atoms with E-state index in [1.54, 1.807) is 30.3 Å². The van der Waals surface area contributed by atoms with E-state index in [2.05, 4.69) is 0 Å². The molecule has 2 aromatic carbocycles. The van der Waals surface area contributed by atoms with Crippen LogP contribution in [0.15, 0.2) is 36.4 Å². The number of nitrogen functional groups attached to an aromatic ring is 1. The summed E-state index contributed by atoms with van der Waals surface area (Å²) in [5.41, 5.74) is 6.25. The Balaban J connectivity index is 2.20. The van der Waals surface area contributed by atoms with E-state index in [9.17, 15) is 4.39 Å². The lowest BCUT2D eigenvalue weighted by Crippen LogP contribution is -2.13. The second kappa shape index (κ2) is 6.45. The summed E-state index contributed by atoms with van der Waals surface area (Å²) < 4.78 is 24.3. The average molecular weight is 309 g/mol. The van der Waals surface area contributed by atoms with E-state index >= 15 is 0 Å². The molecule has 0 aromatic heterocycles. The molecule has 0 heterocycles. The summed E-state index contributed by atoms with van der Waals surface area (Å²) in [6, 6.07) is 9.24. The summed E-state index contributed by atoms with van der Waals surface area (Å²) in [6.45, 7) is -0.00352. The highest BCUT2D eigenvalue weighted by Gasteiger charge is 2.10. The van der Waals surface area contributed by atoms with Gasteiger partial charge in [0.25, 0.3) is 0 Å². The molecule has 6 heteroatoms. The van der Waals surface area contributed by atoms with Crippen LogP contribution in [0.2, 0.25) is 5.02 Å². The van der Waals surface area contributed by atoms with Crippen LogP contribution in [0.4, 0.5) is 4.39 Å². The number of benzene rings is 2. The second-order valence-electron chi connectivity index (χ2n) is 4.30. The maximum atomic E-state index is 13.8. The third-order valence-electron chi connectivity index (χ3n) is 2.88. The standard InChI is InChI=1S/C15H14ClFN2O2/c1-20-11-4-2-9(13(17)7-11)8-21-14-6-10(16)3-5-12(14)15(18)19/h2-7H,8H2,1H3,(H3,18,19). The van der Waals surface area contributed by atoms with E-state index < -0.39 is 5.82 Å². The number of nitrogens with one attached hydrogen (secondary N) is 1. The maximum absolute atomic E-state index is 13.8. The molecule has 0 unspecified atom stereocenters. The van der Waals surface area contributed by atoms with Crippen molar-refractivity contribution in [3.63, 3.8) is 0 Å². The summed E-state index contributed by atoms with van der Waals surface area (Å²) in [4.78, 5) is 0. The maximum Gasteiger partial charge on any atom is 0.133 e. The van der Waals surface area contributed by atoms with Gasteiger partial charge in [-0.25, -0.2) is 4.39 Å². The molecule has 21 heavy (non-hydrogen) atoms. The van der Waals surface area contributed by atoms with Gasteiger partial charge in [0.2, 0.25) is 0 Å². The van der Waals surface area contributed by atoms with Gasteiger partial charge in [-0.15, -0.1) is 0 Å². The lowest BCUT2D eigenvalue weighted by molar-refractivity contribution is 0.298. The first-order chi connectivity index (χ1) is 10.0. The van der Waals surface area contributed by atoms with Gasteiger partial charge in [-0.1, -0.05) is 11.6 Å². The Morgan fingerprint density at radius 1 is 1.29 bits per heavy atom. The van der Waals surface area contributed by atoms with Crippen molar-refractivity contribution in [3.8, 4) is 11.5 Å². The highest BCUT2D eigenvalue weighted by Crippen LogP contribution is 2.25. The smallest absolute Gasteiger partial charge is 0.133 e. The zero-order valence-electron chi connectivity index (χ0n) is 11.3. The molecule has 0 spiro atoms. The highest BCUT2D eigenvalue weighted by molar-refractivity contribution is 6.30. The lowest BCUT2D eigenvalue weighted by atomic mass is 10.2. The molecule has 110 valence electrons. The van der Waals surface area contributed by atoms with E-state index in [0.717, 1.165) is 0 Å². The van der Waals surface area contributed by atoms with E-state index in [1.807, 2.05) is 0 Å². The van der Waals surface area contributed by atoms with Crippen molar-refractivity contribution in [2.24, 2.45) is 5.73 Å². The summed E-state index contributed by atoms with van der Waals surface area (Å²) in [5, 5.41) is 7.94. The molecule has 0 atom stereocenters. The SMILES string of the molecule is COc1ccc(COc2cc(Cl)ccc2C(=N)N)c(F)c1. The van der Waals surface area contributed by atoms with Crippen molar-refractivity contribution in [1.29, 1.82) is 5.41 Å². The van der Waals surface area contributed by atoms with Gasteiger partial charge in [-0.05, 0) is 30.3 Å². The second-order valence-corrected chi connectivity index (χ2v) is 4.74. The van der Waals surface area contributed by atoms with Gasteiger partial charge in [0.05, 0.1) is 12.7 Å². The first-order valence-electron chi connectivity index (χ1n) is 6.10. The van der Waals surface area contributed by atoms with Gasteiger partial charge >= 0.3 is 0 Å². The highest BCUT2D eigenvalue weighted by atomic mass is 35.5. The quantitative estimate of drug-likeness (QED) is 0.657.